The highest BCUT2D eigenvalue weighted by Crippen LogP contribution is 2.31. The summed E-state index contributed by atoms with van der Waals surface area (Å²) in [6, 6.07) is 6.31. The molecule has 4 heteroatoms. The van der Waals surface area contributed by atoms with E-state index in [1.54, 1.807) is 0 Å². The lowest BCUT2D eigenvalue weighted by Crippen LogP contribution is -2.56. The minimum Gasteiger partial charge on any atom is -0.465 e. The lowest BCUT2D eigenvalue weighted by atomic mass is 9.77. The lowest BCUT2D eigenvalue weighted by Gasteiger charge is -2.37. The van der Waals surface area contributed by atoms with E-state index in [0.717, 1.165) is 30.3 Å². The van der Waals surface area contributed by atoms with Crippen LogP contribution in [0.2, 0.25) is 0 Å². The van der Waals surface area contributed by atoms with Crippen LogP contribution in [0.1, 0.15) is 37.8 Å². The van der Waals surface area contributed by atoms with Crippen molar-refractivity contribution in [3.05, 3.63) is 33.8 Å². The van der Waals surface area contributed by atoms with Crippen LogP contribution >= 0.6 is 15.9 Å². The molecule has 0 heterocycles. The summed E-state index contributed by atoms with van der Waals surface area (Å²) in [6.07, 6.45) is 3.43. The van der Waals surface area contributed by atoms with E-state index >= 15 is 0 Å². The zero-order valence-corrected chi connectivity index (χ0v) is 13.8. The molecule has 0 spiro atoms. The van der Waals surface area contributed by atoms with Crippen LogP contribution in [-0.4, -0.2) is 24.7 Å². The van der Waals surface area contributed by atoms with E-state index in [-0.39, 0.29) is 5.97 Å². The van der Waals surface area contributed by atoms with Crippen LogP contribution in [-0.2, 0) is 22.4 Å². The van der Waals surface area contributed by atoms with E-state index < -0.39 is 5.54 Å². The normalized spacial score (nSPS) is 21.4. The minimum absolute atomic E-state index is 0.109. The molecule has 0 saturated heterocycles. The predicted octanol–water partition coefficient (Wildman–Crippen LogP) is 3.24. The SMILES string of the molecule is CCCNC1(C(=O)OCC)CCc2cc(Br)ccc2C1. The van der Waals surface area contributed by atoms with Gasteiger partial charge in [-0.05, 0) is 56.0 Å². The number of esters is 1. The molecule has 2 rings (SSSR count). The van der Waals surface area contributed by atoms with E-state index in [1.165, 1.54) is 11.1 Å². The summed E-state index contributed by atoms with van der Waals surface area (Å²) in [6.45, 7) is 5.24. The number of hydrogen-bond donors (Lipinski definition) is 1. The molecule has 1 aliphatic carbocycles. The fourth-order valence-corrected chi connectivity index (χ4v) is 3.20. The van der Waals surface area contributed by atoms with Crippen molar-refractivity contribution in [1.29, 1.82) is 0 Å². The lowest BCUT2D eigenvalue weighted by molar-refractivity contribution is -0.151. The highest BCUT2D eigenvalue weighted by molar-refractivity contribution is 9.10. The molecule has 1 atom stereocenters. The second kappa shape index (κ2) is 6.72. The fraction of sp³-hybridized carbons (Fsp3) is 0.562. The van der Waals surface area contributed by atoms with Crippen LogP contribution < -0.4 is 5.32 Å². The fourth-order valence-electron chi connectivity index (χ4n) is 2.79. The molecule has 1 aromatic rings. The van der Waals surface area contributed by atoms with Gasteiger partial charge in [-0.15, -0.1) is 0 Å². The molecule has 3 nitrogen and oxygen atoms in total. The van der Waals surface area contributed by atoms with Crippen LogP contribution in [0.15, 0.2) is 22.7 Å². The van der Waals surface area contributed by atoms with Gasteiger partial charge in [0.25, 0.3) is 0 Å². The van der Waals surface area contributed by atoms with Gasteiger partial charge in [0.15, 0.2) is 0 Å². The van der Waals surface area contributed by atoms with Crippen molar-refractivity contribution in [1.82, 2.24) is 5.32 Å². The molecule has 20 heavy (non-hydrogen) atoms. The van der Waals surface area contributed by atoms with E-state index in [1.807, 2.05) is 13.0 Å². The van der Waals surface area contributed by atoms with Crippen molar-refractivity contribution in [3.63, 3.8) is 0 Å². The molecule has 0 bridgehead atoms. The number of halogens is 1. The number of ether oxygens (including phenoxy) is 1. The van der Waals surface area contributed by atoms with Gasteiger partial charge in [-0.1, -0.05) is 28.9 Å². The monoisotopic (exact) mass is 339 g/mol. The van der Waals surface area contributed by atoms with Crippen LogP contribution in [0.25, 0.3) is 0 Å². The molecule has 110 valence electrons. The Bertz CT molecular complexity index is 489. The van der Waals surface area contributed by atoms with Crippen LogP contribution in [0.4, 0.5) is 0 Å². The largest absolute Gasteiger partial charge is 0.465 e. The molecule has 0 amide bonds. The Labute approximate surface area is 129 Å². The average molecular weight is 340 g/mol. The van der Waals surface area contributed by atoms with Crippen LogP contribution in [0.5, 0.6) is 0 Å². The number of rotatable bonds is 5. The molecular weight excluding hydrogens is 318 g/mol. The Hall–Kier alpha value is -0.870. The van der Waals surface area contributed by atoms with Gasteiger partial charge < -0.3 is 10.1 Å². The Morgan fingerprint density at radius 1 is 1.40 bits per heavy atom. The number of aryl methyl sites for hydroxylation is 1. The predicted molar refractivity (Wildman–Crippen MR) is 83.8 cm³/mol. The summed E-state index contributed by atoms with van der Waals surface area (Å²) < 4.78 is 6.41. The first-order chi connectivity index (χ1) is 9.61. The zero-order chi connectivity index (χ0) is 14.6. The Kier molecular flexibility index (Phi) is 5.22. The van der Waals surface area contributed by atoms with Gasteiger partial charge in [0.05, 0.1) is 6.61 Å². The van der Waals surface area contributed by atoms with Crippen molar-refractivity contribution in [2.45, 2.75) is 45.1 Å². The average Bonchev–Trinajstić information content (AvgIpc) is 2.45. The highest BCUT2D eigenvalue weighted by atomic mass is 79.9. The maximum atomic E-state index is 12.4. The first-order valence-corrected chi connectivity index (χ1v) is 8.10. The maximum Gasteiger partial charge on any atom is 0.326 e. The second-order valence-corrected chi connectivity index (χ2v) is 6.23. The number of benzene rings is 1. The van der Waals surface area contributed by atoms with E-state index in [2.05, 4.69) is 40.3 Å². The summed E-state index contributed by atoms with van der Waals surface area (Å²) in [5.41, 5.74) is 2.03. The first kappa shape index (κ1) is 15.5. The molecule has 0 aromatic heterocycles. The zero-order valence-electron chi connectivity index (χ0n) is 12.2. The Morgan fingerprint density at radius 2 is 2.20 bits per heavy atom. The summed E-state index contributed by atoms with van der Waals surface area (Å²) in [5, 5.41) is 3.44. The van der Waals surface area contributed by atoms with Crippen molar-refractivity contribution < 1.29 is 9.53 Å². The van der Waals surface area contributed by atoms with E-state index in [0.29, 0.717) is 13.0 Å². The van der Waals surface area contributed by atoms with Crippen molar-refractivity contribution >= 4 is 21.9 Å². The number of carbonyl (C=O) groups is 1. The smallest absolute Gasteiger partial charge is 0.326 e. The molecule has 1 aromatic carbocycles. The summed E-state index contributed by atoms with van der Waals surface area (Å²) in [5.74, 6) is -0.109. The molecule has 1 N–H and O–H groups in total. The van der Waals surface area contributed by atoms with Gasteiger partial charge in [-0.2, -0.15) is 0 Å². The third-order valence-corrected chi connectivity index (χ3v) is 4.35. The molecule has 0 radical (unpaired) electrons. The maximum absolute atomic E-state index is 12.4. The van der Waals surface area contributed by atoms with Gasteiger partial charge in [-0.25, -0.2) is 0 Å². The van der Waals surface area contributed by atoms with Gasteiger partial charge in [0, 0.05) is 10.9 Å². The third-order valence-electron chi connectivity index (χ3n) is 3.86. The Morgan fingerprint density at radius 3 is 2.90 bits per heavy atom. The number of hydrogen-bond acceptors (Lipinski definition) is 3. The summed E-state index contributed by atoms with van der Waals surface area (Å²) >= 11 is 3.51. The van der Waals surface area contributed by atoms with Gasteiger partial charge in [0.1, 0.15) is 5.54 Å². The van der Waals surface area contributed by atoms with Crippen molar-refractivity contribution in [2.75, 3.05) is 13.2 Å². The van der Waals surface area contributed by atoms with Gasteiger partial charge in [-0.3, -0.25) is 4.79 Å². The highest BCUT2D eigenvalue weighted by Gasteiger charge is 2.42. The minimum atomic E-state index is -0.549. The van der Waals surface area contributed by atoms with E-state index in [9.17, 15) is 4.79 Å². The van der Waals surface area contributed by atoms with Crippen molar-refractivity contribution in [2.24, 2.45) is 0 Å². The number of fused-ring (bicyclic) bond motifs is 1. The molecule has 1 unspecified atom stereocenters. The second-order valence-electron chi connectivity index (χ2n) is 5.32. The summed E-state index contributed by atoms with van der Waals surface area (Å²) in [7, 11) is 0. The standard InChI is InChI=1S/C16H22BrNO2/c1-3-9-18-16(15(19)20-4-2)8-7-12-10-14(17)6-5-13(12)11-16/h5-6,10,18H,3-4,7-9,11H2,1-2H3. The Balaban J connectivity index is 2.26. The topological polar surface area (TPSA) is 38.3 Å². The van der Waals surface area contributed by atoms with Crippen molar-refractivity contribution in [3.8, 4) is 0 Å². The first-order valence-electron chi connectivity index (χ1n) is 7.31. The number of nitrogens with one attached hydrogen (secondary N) is 1. The molecule has 0 aliphatic heterocycles. The van der Waals surface area contributed by atoms with Gasteiger partial charge >= 0.3 is 5.97 Å². The van der Waals surface area contributed by atoms with Gasteiger partial charge in [0.2, 0.25) is 0 Å². The molecule has 0 fully saturated rings. The summed E-state index contributed by atoms with van der Waals surface area (Å²) in [4.78, 5) is 12.4. The van der Waals surface area contributed by atoms with Crippen LogP contribution in [0.3, 0.4) is 0 Å². The molecule has 0 saturated carbocycles. The molecular formula is C16H22BrNO2. The molecule has 1 aliphatic rings. The quantitative estimate of drug-likeness (QED) is 0.837. The number of carbonyl (C=O) groups excluding carboxylic acids is 1. The van der Waals surface area contributed by atoms with E-state index in [4.69, 9.17) is 4.74 Å². The third kappa shape index (κ3) is 3.23. The van der Waals surface area contributed by atoms with Crippen LogP contribution in [0, 0.1) is 0 Å².